The van der Waals surface area contributed by atoms with E-state index >= 15 is 0 Å². The fourth-order valence-electron chi connectivity index (χ4n) is 4.33. The zero-order chi connectivity index (χ0) is 24.9. The Morgan fingerprint density at radius 3 is 2.38 bits per heavy atom. The van der Waals surface area contributed by atoms with Gasteiger partial charge in [0.15, 0.2) is 0 Å². The molecule has 0 radical (unpaired) electrons. The fraction of sp³-hybridized carbons (Fsp3) is 0.333. The predicted molar refractivity (Wildman–Crippen MR) is 127 cm³/mol. The highest BCUT2D eigenvalue weighted by Crippen LogP contribution is 2.34. The highest BCUT2D eigenvalue weighted by molar-refractivity contribution is 5.84. The molecule has 2 aromatic carbocycles. The fourth-order valence-corrected chi connectivity index (χ4v) is 4.33. The van der Waals surface area contributed by atoms with Crippen LogP contribution in [-0.4, -0.2) is 22.1 Å². The average Bonchev–Trinajstić information content (AvgIpc) is 3.11. The van der Waals surface area contributed by atoms with Gasteiger partial charge in [-0.05, 0) is 62.9 Å². The minimum atomic E-state index is -4.11. The highest BCUT2D eigenvalue weighted by Gasteiger charge is 2.31. The molecule has 0 bridgehead atoms. The van der Waals surface area contributed by atoms with Crippen LogP contribution < -0.4 is 0 Å². The predicted octanol–water partition coefficient (Wildman–Crippen LogP) is 8.16. The Kier molecular flexibility index (Phi) is 8.18. The van der Waals surface area contributed by atoms with Gasteiger partial charge in [0.25, 0.3) is 0 Å². The lowest BCUT2D eigenvalue weighted by molar-refractivity contribution is -0.134. The molecule has 3 aromatic rings. The number of fused-ring (bicyclic) bond motifs is 3. The molecular weight excluding hydrogens is 447 g/mol. The molecule has 1 unspecified atom stereocenters. The Labute approximate surface area is 196 Å². The molecule has 2 heterocycles. The van der Waals surface area contributed by atoms with Gasteiger partial charge < -0.3 is 9.88 Å². The van der Waals surface area contributed by atoms with Crippen LogP contribution in [0.5, 0.6) is 0 Å². The number of benzene rings is 2. The SMILES string of the molecule is C/C=C(\CCC(F)(F)F)N1Cc2[nH]c3ccccc3c2CC1C.C/C=C/c1cc(F)cc(F)c1. The summed E-state index contributed by atoms with van der Waals surface area (Å²) in [5.74, 6) is -1.09. The number of nitrogens with one attached hydrogen (secondary N) is 1. The van der Waals surface area contributed by atoms with Crippen LogP contribution in [0.15, 0.2) is 60.3 Å². The zero-order valence-corrected chi connectivity index (χ0v) is 19.5. The van der Waals surface area contributed by atoms with E-state index in [2.05, 4.69) is 22.9 Å². The quantitative estimate of drug-likeness (QED) is 0.377. The number of aromatic nitrogens is 1. The molecule has 0 saturated carbocycles. The lowest BCUT2D eigenvalue weighted by atomic mass is 9.96. The number of rotatable bonds is 4. The molecule has 0 amide bonds. The van der Waals surface area contributed by atoms with Gasteiger partial charge in [-0.15, -0.1) is 0 Å². The van der Waals surface area contributed by atoms with Gasteiger partial charge in [0, 0.05) is 40.8 Å². The maximum absolute atomic E-state index is 12.5. The maximum atomic E-state index is 12.5. The molecule has 0 spiro atoms. The van der Waals surface area contributed by atoms with Gasteiger partial charge in [-0.1, -0.05) is 36.4 Å². The topological polar surface area (TPSA) is 19.0 Å². The third-order valence-corrected chi connectivity index (χ3v) is 5.87. The molecule has 2 nitrogen and oxygen atoms in total. The van der Waals surface area contributed by atoms with Crippen LogP contribution in [0.2, 0.25) is 0 Å². The molecule has 1 N–H and O–H groups in total. The molecule has 7 heteroatoms. The number of nitrogens with zero attached hydrogens (tertiary/aromatic N) is 1. The number of para-hydroxylation sites is 1. The van der Waals surface area contributed by atoms with Crippen molar-refractivity contribution < 1.29 is 22.0 Å². The van der Waals surface area contributed by atoms with Gasteiger partial charge >= 0.3 is 6.18 Å². The van der Waals surface area contributed by atoms with E-state index in [-0.39, 0.29) is 12.5 Å². The number of halogens is 5. The average molecular weight is 477 g/mol. The molecule has 0 fully saturated rings. The number of H-pyrrole nitrogens is 1. The van der Waals surface area contributed by atoms with Crippen LogP contribution in [0.25, 0.3) is 17.0 Å². The zero-order valence-electron chi connectivity index (χ0n) is 19.5. The molecule has 1 atom stereocenters. The van der Waals surface area contributed by atoms with Crippen molar-refractivity contribution in [3.05, 3.63) is 88.8 Å². The molecule has 1 aliphatic rings. The van der Waals surface area contributed by atoms with Crippen molar-refractivity contribution in [2.24, 2.45) is 0 Å². The monoisotopic (exact) mass is 476 g/mol. The Morgan fingerprint density at radius 1 is 1.09 bits per heavy atom. The van der Waals surface area contributed by atoms with Gasteiger partial charge in [-0.3, -0.25) is 0 Å². The minimum Gasteiger partial charge on any atom is -0.366 e. The number of alkyl halides is 3. The number of allylic oxidation sites excluding steroid dienone is 3. The van der Waals surface area contributed by atoms with Crippen molar-refractivity contribution in [2.75, 3.05) is 0 Å². The Balaban J connectivity index is 0.000000248. The Morgan fingerprint density at radius 2 is 1.76 bits per heavy atom. The lowest BCUT2D eigenvalue weighted by Crippen LogP contribution is -2.37. The van der Waals surface area contributed by atoms with Gasteiger partial charge in [-0.2, -0.15) is 13.2 Å². The normalized spacial score (nSPS) is 16.5. The summed E-state index contributed by atoms with van der Waals surface area (Å²) in [5.41, 5.74) is 4.85. The summed E-state index contributed by atoms with van der Waals surface area (Å²) >= 11 is 0. The van der Waals surface area contributed by atoms with E-state index in [1.165, 1.54) is 23.1 Å². The third kappa shape index (κ3) is 6.49. The van der Waals surface area contributed by atoms with E-state index in [9.17, 15) is 22.0 Å². The smallest absolute Gasteiger partial charge is 0.366 e. The Bertz CT molecular complexity index is 1150. The summed E-state index contributed by atoms with van der Waals surface area (Å²) in [6, 6.07) is 11.8. The van der Waals surface area contributed by atoms with Crippen LogP contribution >= 0.6 is 0 Å². The van der Waals surface area contributed by atoms with E-state index in [0.717, 1.165) is 29.4 Å². The third-order valence-electron chi connectivity index (χ3n) is 5.87. The second-order valence-corrected chi connectivity index (χ2v) is 8.41. The van der Waals surface area contributed by atoms with Crippen LogP contribution in [0.1, 0.15) is 50.4 Å². The molecule has 182 valence electrons. The first-order chi connectivity index (χ1) is 16.1. The van der Waals surface area contributed by atoms with E-state index < -0.39 is 24.2 Å². The lowest BCUT2D eigenvalue weighted by Gasteiger charge is -2.37. The largest absolute Gasteiger partial charge is 0.389 e. The summed E-state index contributed by atoms with van der Waals surface area (Å²) in [5, 5.41) is 1.23. The van der Waals surface area contributed by atoms with Crippen LogP contribution in [0, 0.1) is 11.6 Å². The minimum absolute atomic E-state index is 0.0416. The first-order valence-electron chi connectivity index (χ1n) is 11.3. The van der Waals surface area contributed by atoms with Gasteiger partial charge in [0.1, 0.15) is 11.6 Å². The maximum Gasteiger partial charge on any atom is 0.389 e. The highest BCUT2D eigenvalue weighted by atomic mass is 19.4. The van der Waals surface area contributed by atoms with Crippen LogP contribution in [0.3, 0.4) is 0 Å². The second kappa shape index (κ2) is 10.9. The first-order valence-corrected chi connectivity index (χ1v) is 11.3. The molecular formula is C27H29F5N2. The van der Waals surface area contributed by atoms with E-state index in [0.29, 0.717) is 12.1 Å². The van der Waals surface area contributed by atoms with Crippen molar-refractivity contribution >= 4 is 17.0 Å². The number of aromatic amines is 1. The first kappa shape index (κ1) is 25.5. The van der Waals surface area contributed by atoms with E-state index in [1.807, 2.05) is 31.2 Å². The number of hydrogen-bond acceptors (Lipinski definition) is 1. The van der Waals surface area contributed by atoms with Crippen molar-refractivity contribution in [1.29, 1.82) is 0 Å². The van der Waals surface area contributed by atoms with Crippen molar-refractivity contribution in [3.63, 3.8) is 0 Å². The molecule has 34 heavy (non-hydrogen) atoms. The van der Waals surface area contributed by atoms with E-state index in [1.54, 1.807) is 19.1 Å². The van der Waals surface area contributed by atoms with Gasteiger partial charge in [-0.25, -0.2) is 8.78 Å². The summed E-state index contributed by atoms with van der Waals surface area (Å²) in [6.07, 6.45) is 1.20. The summed E-state index contributed by atoms with van der Waals surface area (Å²) < 4.78 is 62.6. The standard InChI is InChI=1S/C18H21F3N2.C9H8F2/c1-3-13(8-9-18(19,20)21)23-11-17-15(10-12(23)2)14-6-4-5-7-16(14)22-17;1-2-3-7-4-8(10)6-9(11)5-7/h3-7,12,22H,8-11H2,1-2H3;2-6H,1H3/b13-3+;3-2+. The molecule has 1 aromatic heterocycles. The molecule has 1 aliphatic heterocycles. The van der Waals surface area contributed by atoms with Crippen molar-refractivity contribution in [2.45, 2.75) is 58.8 Å². The van der Waals surface area contributed by atoms with Gasteiger partial charge in [0.2, 0.25) is 0 Å². The van der Waals surface area contributed by atoms with E-state index in [4.69, 9.17) is 0 Å². The summed E-state index contributed by atoms with van der Waals surface area (Å²) in [6.45, 7) is 6.34. The second-order valence-electron chi connectivity index (χ2n) is 8.41. The summed E-state index contributed by atoms with van der Waals surface area (Å²) in [7, 11) is 0. The molecule has 0 aliphatic carbocycles. The summed E-state index contributed by atoms with van der Waals surface area (Å²) in [4.78, 5) is 5.53. The molecule has 0 saturated heterocycles. The molecule has 4 rings (SSSR count). The van der Waals surface area contributed by atoms with Crippen LogP contribution in [-0.2, 0) is 13.0 Å². The van der Waals surface area contributed by atoms with Gasteiger partial charge in [0.05, 0.1) is 6.54 Å². The van der Waals surface area contributed by atoms with Crippen molar-refractivity contribution in [3.8, 4) is 0 Å². The van der Waals surface area contributed by atoms with Crippen LogP contribution in [0.4, 0.5) is 22.0 Å². The number of hydrogen-bond donors (Lipinski definition) is 1. The van der Waals surface area contributed by atoms with Crippen molar-refractivity contribution in [1.82, 2.24) is 9.88 Å². The Hall–Kier alpha value is -3.09.